The van der Waals surface area contributed by atoms with Crippen LogP contribution in [0, 0.1) is 19.3 Å². The molecule has 0 N–H and O–H groups in total. The van der Waals surface area contributed by atoms with Crippen LogP contribution in [0.4, 0.5) is 0 Å². The number of ether oxygens (including phenoxy) is 2. The van der Waals surface area contributed by atoms with E-state index in [2.05, 4.69) is 41.0 Å². The Morgan fingerprint density at radius 2 is 2.21 bits per heavy atom. The minimum atomic E-state index is -0.163. The third-order valence-electron chi connectivity index (χ3n) is 3.02. The molecule has 2 rings (SSSR count). The molecule has 1 aromatic rings. The fourth-order valence-corrected chi connectivity index (χ4v) is 3.50. The molecule has 0 aromatic heterocycles. The van der Waals surface area contributed by atoms with Crippen LogP contribution in [0.1, 0.15) is 26.2 Å². The highest BCUT2D eigenvalue weighted by atomic mass is 127. The van der Waals surface area contributed by atoms with Crippen LogP contribution in [0.25, 0.3) is 0 Å². The number of benzene rings is 1. The van der Waals surface area contributed by atoms with Gasteiger partial charge in [-0.15, -0.1) is 0 Å². The lowest BCUT2D eigenvalue weighted by Crippen LogP contribution is -3.59. The number of halogens is 1. The molecule has 19 heavy (non-hydrogen) atoms. The van der Waals surface area contributed by atoms with Crippen molar-refractivity contribution in [2.75, 3.05) is 13.2 Å². The monoisotopic (exact) mass is 371 g/mol. The normalized spacial score (nSPS) is 22.6. The maximum atomic E-state index is 5.73. The molecule has 0 bridgehead atoms. The third kappa shape index (κ3) is 5.52. The van der Waals surface area contributed by atoms with Crippen molar-refractivity contribution in [2.45, 2.75) is 32.5 Å². The average molecular weight is 371 g/mol. The van der Waals surface area contributed by atoms with E-state index in [1.54, 1.807) is 0 Å². The first-order valence-corrected chi connectivity index (χ1v) is 8.92. The minimum Gasteiger partial charge on any atom is -0.352 e. The molecule has 0 amide bonds. The first kappa shape index (κ1) is 14.8. The predicted octanol–water partition coefficient (Wildman–Crippen LogP) is 0.0854. The highest BCUT2D eigenvalue weighted by Crippen LogP contribution is 2.20. The lowest BCUT2D eigenvalue weighted by Gasteiger charge is -2.28. The summed E-state index contributed by atoms with van der Waals surface area (Å²) < 4.78 is 16.0. The second-order valence-corrected chi connectivity index (χ2v) is 6.97. The van der Waals surface area contributed by atoms with Crippen molar-refractivity contribution in [3.8, 4) is 9.85 Å². The molecule has 1 saturated heterocycles. The summed E-state index contributed by atoms with van der Waals surface area (Å²) in [5.41, 5.74) is 0. The van der Waals surface area contributed by atoms with Crippen LogP contribution < -0.4 is 21.2 Å². The molecule has 0 unspecified atom stereocenters. The Hall–Kier alpha value is -0.570. The van der Waals surface area contributed by atoms with Gasteiger partial charge in [0.1, 0.15) is 0 Å². The Bertz CT molecular complexity index is 421. The summed E-state index contributed by atoms with van der Waals surface area (Å²) >= 11 is -0.163. The molecule has 0 radical (unpaired) electrons. The molecular weight excluding hydrogens is 351 g/mol. The van der Waals surface area contributed by atoms with E-state index >= 15 is 0 Å². The lowest BCUT2D eigenvalue weighted by molar-refractivity contribution is -0.535. The van der Waals surface area contributed by atoms with Crippen LogP contribution >= 0.6 is 0 Å². The van der Waals surface area contributed by atoms with Gasteiger partial charge in [-0.3, -0.25) is 0 Å². The van der Waals surface area contributed by atoms with E-state index in [4.69, 9.17) is 9.47 Å². The van der Waals surface area contributed by atoms with Gasteiger partial charge >= 0.3 is 21.2 Å². The second kappa shape index (κ2) is 8.57. The van der Waals surface area contributed by atoms with E-state index in [0.29, 0.717) is 12.5 Å². The van der Waals surface area contributed by atoms with E-state index in [-0.39, 0.29) is 27.5 Å². The van der Waals surface area contributed by atoms with Crippen molar-refractivity contribution in [1.29, 1.82) is 0 Å². The molecule has 3 heteroatoms. The van der Waals surface area contributed by atoms with Gasteiger partial charge in [-0.2, -0.15) is 0 Å². The molecule has 0 aliphatic carbocycles. The smallest absolute Gasteiger partial charge is 0.352 e. The fraction of sp³-hybridized carbons (Fsp3) is 0.500. The van der Waals surface area contributed by atoms with Gasteiger partial charge in [0.05, 0.1) is 6.61 Å². The highest BCUT2D eigenvalue weighted by Gasteiger charge is 2.22. The zero-order valence-corrected chi connectivity index (χ0v) is 13.4. The van der Waals surface area contributed by atoms with Crippen molar-refractivity contribution in [1.82, 2.24) is 0 Å². The second-order valence-electron chi connectivity index (χ2n) is 4.64. The minimum absolute atomic E-state index is 0.0145. The van der Waals surface area contributed by atoms with Gasteiger partial charge in [0.2, 0.25) is 3.57 Å². The van der Waals surface area contributed by atoms with Crippen molar-refractivity contribution < 1.29 is 30.7 Å². The van der Waals surface area contributed by atoms with Crippen LogP contribution in [0.3, 0.4) is 0 Å². The Balaban J connectivity index is 1.62. The van der Waals surface area contributed by atoms with Gasteiger partial charge < -0.3 is 9.47 Å². The molecule has 1 heterocycles. The largest absolute Gasteiger partial charge is 0.419 e. The van der Waals surface area contributed by atoms with E-state index in [0.717, 1.165) is 19.4 Å². The summed E-state index contributed by atoms with van der Waals surface area (Å²) in [5, 5.41) is 0. The SMILES string of the molecule is C[C@@H]1CCCO[C@H]1OCCC#C[I+]c1ccccc1. The average Bonchev–Trinajstić information content (AvgIpc) is 2.45. The maximum Gasteiger partial charge on any atom is 0.419 e. The van der Waals surface area contributed by atoms with Crippen LogP contribution in [0.15, 0.2) is 30.3 Å². The summed E-state index contributed by atoms with van der Waals surface area (Å²) in [7, 11) is 0. The molecule has 1 aromatic carbocycles. The summed E-state index contributed by atoms with van der Waals surface area (Å²) in [6, 6.07) is 10.5. The predicted molar refractivity (Wildman–Crippen MR) is 71.6 cm³/mol. The highest BCUT2D eigenvalue weighted by molar-refractivity contribution is 5.00. The third-order valence-corrected chi connectivity index (χ3v) is 5.01. The Morgan fingerprint density at radius 1 is 1.37 bits per heavy atom. The molecular formula is C16H20IO2+. The quantitative estimate of drug-likeness (QED) is 0.424. The van der Waals surface area contributed by atoms with Crippen molar-refractivity contribution in [3.05, 3.63) is 33.9 Å². The molecule has 102 valence electrons. The van der Waals surface area contributed by atoms with Crippen LogP contribution in [-0.2, 0) is 9.47 Å². The summed E-state index contributed by atoms with van der Waals surface area (Å²) in [4.78, 5) is 0. The molecule has 2 atom stereocenters. The van der Waals surface area contributed by atoms with Crippen LogP contribution in [0.5, 0.6) is 0 Å². The Morgan fingerprint density at radius 3 is 3.00 bits per heavy atom. The van der Waals surface area contributed by atoms with Gasteiger partial charge in [0, 0.05) is 18.9 Å². The van der Waals surface area contributed by atoms with E-state index in [1.165, 1.54) is 9.99 Å². The van der Waals surface area contributed by atoms with Gasteiger partial charge in [0.25, 0.3) is 0 Å². The van der Waals surface area contributed by atoms with Gasteiger partial charge in [-0.05, 0) is 30.9 Å². The maximum absolute atomic E-state index is 5.73. The van der Waals surface area contributed by atoms with E-state index in [1.807, 2.05) is 6.07 Å². The molecule has 1 fully saturated rings. The zero-order valence-electron chi connectivity index (χ0n) is 11.3. The topological polar surface area (TPSA) is 18.5 Å². The first-order chi connectivity index (χ1) is 9.36. The zero-order chi connectivity index (χ0) is 13.3. The first-order valence-electron chi connectivity index (χ1n) is 6.76. The van der Waals surface area contributed by atoms with Gasteiger partial charge in [0.15, 0.2) is 10.2 Å². The molecule has 0 saturated carbocycles. The van der Waals surface area contributed by atoms with Crippen molar-refractivity contribution >= 4 is 0 Å². The molecule has 1 aliphatic rings. The number of hydrogen-bond acceptors (Lipinski definition) is 2. The van der Waals surface area contributed by atoms with Crippen molar-refractivity contribution in [3.63, 3.8) is 0 Å². The van der Waals surface area contributed by atoms with E-state index in [9.17, 15) is 0 Å². The van der Waals surface area contributed by atoms with Crippen LogP contribution in [0.2, 0.25) is 0 Å². The number of hydrogen-bond donors (Lipinski definition) is 0. The lowest BCUT2D eigenvalue weighted by atomic mass is 10.0. The fourth-order valence-electron chi connectivity index (χ4n) is 1.96. The van der Waals surface area contributed by atoms with Gasteiger partial charge in [-0.25, -0.2) is 0 Å². The molecule has 0 spiro atoms. The summed E-state index contributed by atoms with van der Waals surface area (Å²) in [6.07, 6.45) is 3.15. The van der Waals surface area contributed by atoms with Crippen molar-refractivity contribution in [2.24, 2.45) is 5.92 Å². The van der Waals surface area contributed by atoms with E-state index < -0.39 is 0 Å². The standard InChI is InChI=1S/C16H20IO2/c1-14-8-7-13-19-16(14)18-12-6-5-11-17-15-9-3-2-4-10-15/h2-4,9-10,14,16H,6-8,12-13H2,1H3/q+1/t14-,16-/m1/s1. The van der Waals surface area contributed by atoms with Crippen LogP contribution in [-0.4, -0.2) is 19.5 Å². The summed E-state index contributed by atoms with van der Waals surface area (Å²) in [6.45, 7) is 3.71. The number of rotatable bonds is 4. The van der Waals surface area contributed by atoms with Gasteiger partial charge in [-0.1, -0.05) is 25.1 Å². The molecule has 2 nitrogen and oxygen atoms in total. The summed E-state index contributed by atoms with van der Waals surface area (Å²) in [5.74, 6) is 3.72. The Labute approximate surface area is 126 Å². The molecule has 1 aliphatic heterocycles. The Kier molecular flexibility index (Phi) is 6.69.